The molecule has 9 heteroatoms. The number of amides is 3. The summed E-state index contributed by atoms with van der Waals surface area (Å²) in [5.41, 5.74) is 5.19. The number of anilines is 2. The van der Waals surface area contributed by atoms with E-state index in [1.165, 1.54) is 10.1 Å². The van der Waals surface area contributed by atoms with E-state index in [0.29, 0.717) is 47.5 Å². The molecule has 3 N–H and O–H groups in total. The average Bonchev–Trinajstić information content (AvgIpc) is 2.92. The van der Waals surface area contributed by atoms with Crippen LogP contribution >= 0.6 is 0 Å². The van der Waals surface area contributed by atoms with Gasteiger partial charge in [0.25, 0.3) is 11.5 Å². The number of fused-ring (bicyclic) bond motifs is 1. The Bertz CT molecular complexity index is 1500. The molecule has 0 aliphatic carbocycles. The van der Waals surface area contributed by atoms with Gasteiger partial charge in [0, 0.05) is 43.0 Å². The van der Waals surface area contributed by atoms with Crippen molar-refractivity contribution in [1.29, 1.82) is 0 Å². The van der Waals surface area contributed by atoms with E-state index in [1.807, 2.05) is 49.3 Å². The summed E-state index contributed by atoms with van der Waals surface area (Å²) in [6.45, 7) is 7.97. The predicted octanol–water partition coefficient (Wildman–Crippen LogP) is 4.12. The summed E-state index contributed by atoms with van der Waals surface area (Å²) in [5.74, 6) is -0.104. The number of nitrogens with zero attached hydrogens (tertiary/aromatic N) is 3. The van der Waals surface area contributed by atoms with Crippen LogP contribution in [0.2, 0.25) is 0 Å². The lowest BCUT2D eigenvalue weighted by atomic mass is 9.84. The number of benzene rings is 2. The summed E-state index contributed by atoms with van der Waals surface area (Å²) in [6, 6.07) is 12.7. The molecule has 2 aromatic carbocycles. The van der Waals surface area contributed by atoms with Crippen LogP contribution in [0.3, 0.4) is 0 Å². The number of aryl methyl sites for hydroxylation is 1. The molecule has 4 rings (SSSR count). The van der Waals surface area contributed by atoms with Crippen LogP contribution in [0.15, 0.2) is 53.5 Å². The summed E-state index contributed by atoms with van der Waals surface area (Å²) < 4.78 is 1.40. The monoisotopic (exact) mass is 559 g/mol. The lowest BCUT2D eigenvalue weighted by Gasteiger charge is -2.32. The minimum absolute atomic E-state index is 0.0101. The number of carbonyl (C=O) groups is 2. The summed E-state index contributed by atoms with van der Waals surface area (Å²) in [6.07, 6.45) is 3.16. The van der Waals surface area contributed by atoms with Crippen molar-refractivity contribution in [3.63, 3.8) is 0 Å². The highest BCUT2D eigenvalue weighted by atomic mass is 16.3. The van der Waals surface area contributed by atoms with Crippen molar-refractivity contribution < 1.29 is 14.7 Å². The standard InChI is InChI=1S/C32H41N5O4/c1-32(2,3)23-11-12-25-21(17-23)13-16-37(29(25)39)28-10-7-9-24(26(28)20-38)22-18-27(30(40)36(6)19-22)34-31(41)33-14-8-15-35(4)5/h7,9-12,17-19,38H,8,13-16,20H2,1-6H3,(H2,33,34,41). The van der Waals surface area contributed by atoms with E-state index in [0.717, 1.165) is 18.5 Å². The second kappa shape index (κ2) is 12.3. The molecular weight excluding hydrogens is 518 g/mol. The van der Waals surface area contributed by atoms with E-state index >= 15 is 0 Å². The second-order valence-electron chi connectivity index (χ2n) is 11.9. The average molecular weight is 560 g/mol. The Balaban J connectivity index is 1.64. The number of nitrogens with one attached hydrogen (secondary N) is 2. The molecule has 1 aromatic heterocycles. The number of hydrogen-bond donors (Lipinski definition) is 3. The van der Waals surface area contributed by atoms with Crippen LogP contribution < -0.4 is 21.1 Å². The maximum Gasteiger partial charge on any atom is 0.319 e. The third kappa shape index (κ3) is 6.69. The molecule has 218 valence electrons. The van der Waals surface area contributed by atoms with Crippen LogP contribution in [0, 0.1) is 0 Å². The van der Waals surface area contributed by atoms with E-state index in [4.69, 9.17) is 0 Å². The topological polar surface area (TPSA) is 107 Å². The molecule has 0 spiro atoms. The number of rotatable bonds is 8. The summed E-state index contributed by atoms with van der Waals surface area (Å²) in [5, 5.41) is 16.0. The fourth-order valence-corrected chi connectivity index (χ4v) is 5.16. The SMILES string of the molecule is CN(C)CCCNC(=O)Nc1cc(-c2cccc(N3CCc4cc(C(C)(C)C)ccc4C3=O)c2CO)cn(C)c1=O. The molecule has 9 nitrogen and oxygen atoms in total. The first-order chi connectivity index (χ1) is 19.4. The smallest absolute Gasteiger partial charge is 0.319 e. The predicted molar refractivity (Wildman–Crippen MR) is 164 cm³/mol. The van der Waals surface area contributed by atoms with Gasteiger partial charge in [0.05, 0.1) is 12.3 Å². The van der Waals surface area contributed by atoms with Crippen molar-refractivity contribution in [3.05, 3.63) is 81.3 Å². The Morgan fingerprint density at radius 1 is 1.07 bits per heavy atom. The molecule has 0 atom stereocenters. The van der Waals surface area contributed by atoms with Crippen LogP contribution in [-0.2, 0) is 25.5 Å². The molecule has 0 unspecified atom stereocenters. The molecule has 3 aromatic rings. The zero-order valence-electron chi connectivity index (χ0n) is 24.9. The number of aliphatic hydroxyl groups excluding tert-OH is 1. The van der Waals surface area contributed by atoms with Gasteiger partial charge in [0.15, 0.2) is 0 Å². The molecule has 0 fully saturated rings. The quantitative estimate of drug-likeness (QED) is 0.360. The van der Waals surface area contributed by atoms with Gasteiger partial charge in [-0.25, -0.2) is 4.79 Å². The number of aromatic nitrogens is 1. The minimum atomic E-state index is -0.457. The Morgan fingerprint density at radius 2 is 1.83 bits per heavy atom. The highest BCUT2D eigenvalue weighted by molar-refractivity contribution is 6.09. The van der Waals surface area contributed by atoms with Gasteiger partial charge >= 0.3 is 6.03 Å². The van der Waals surface area contributed by atoms with Crippen molar-refractivity contribution in [2.24, 2.45) is 7.05 Å². The van der Waals surface area contributed by atoms with Crippen molar-refractivity contribution in [1.82, 2.24) is 14.8 Å². The Labute approximate surface area is 241 Å². The fourth-order valence-electron chi connectivity index (χ4n) is 5.16. The third-order valence-electron chi connectivity index (χ3n) is 7.46. The van der Waals surface area contributed by atoms with Gasteiger partial charge in [-0.1, -0.05) is 45.0 Å². The zero-order valence-corrected chi connectivity index (χ0v) is 24.9. The zero-order chi connectivity index (χ0) is 29.9. The fraction of sp³-hybridized carbons (Fsp3) is 0.406. The summed E-state index contributed by atoms with van der Waals surface area (Å²) in [7, 11) is 5.55. The molecule has 2 heterocycles. The maximum atomic E-state index is 13.7. The lowest BCUT2D eigenvalue weighted by molar-refractivity contribution is 0.0980. The van der Waals surface area contributed by atoms with E-state index in [-0.39, 0.29) is 29.2 Å². The van der Waals surface area contributed by atoms with E-state index < -0.39 is 6.03 Å². The maximum absolute atomic E-state index is 13.7. The highest BCUT2D eigenvalue weighted by Gasteiger charge is 2.29. The minimum Gasteiger partial charge on any atom is -0.392 e. The van der Waals surface area contributed by atoms with Gasteiger partial charge in [0.1, 0.15) is 5.69 Å². The summed E-state index contributed by atoms with van der Waals surface area (Å²) >= 11 is 0. The van der Waals surface area contributed by atoms with Gasteiger partial charge < -0.3 is 30.1 Å². The molecule has 1 aliphatic heterocycles. The van der Waals surface area contributed by atoms with Gasteiger partial charge in [-0.15, -0.1) is 0 Å². The van der Waals surface area contributed by atoms with Gasteiger partial charge in [-0.05, 0) is 73.8 Å². The van der Waals surface area contributed by atoms with E-state index in [1.54, 1.807) is 24.2 Å². The van der Waals surface area contributed by atoms with Crippen LogP contribution in [0.25, 0.3) is 11.1 Å². The van der Waals surface area contributed by atoms with Crippen molar-refractivity contribution in [2.45, 2.75) is 45.6 Å². The van der Waals surface area contributed by atoms with Crippen LogP contribution in [0.1, 0.15) is 54.2 Å². The number of pyridine rings is 1. The van der Waals surface area contributed by atoms with Crippen molar-refractivity contribution in [2.75, 3.05) is 43.9 Å². The van der Waals surface area contributed by atoms with E-state index in [2.05, 4.69) is 37.5 Å². The molecule has 3 amide bonds. The Morgan fingerprint density at radius 3 is 2.51 bits per heavy atom. The first-order valence-electron chi connectivity index (χ1n) is 14.0. The largest absolute Gasteiger partial charge is 0.392 e. The van der Waals surface area contributed by atoms with Gasteiger partial charge in [0.2, 0.25) is 0 Å². The van der Waals surface area contributed by atoms with Crippen LogP contribution in [0.5, 0.6) is 0 Å². The molecule has 1 aliphatic rings. The number of urea groups is 1. The van der Waals surface area contributed by atoms with Crippen molar-refractivity contribution >= 4 is 23.3 Å². The number of carbonyl (C=O) groups excluding carboxylic acids is 2. The molecule has 41 heavy (non-hydrogen) atoms. The highest BCUT2D eigenvalue weighted by Crippen LogP contribution is 2.35. The van der Waals surface area contributed by atoms with E-state index in [9.17, 15) is 19.5 Å². The normalized spacial score (nSPS) is 13.4. The number of hydrogen-bond acceptors (Lipinski definition) is 5. The summed E-state index contributed by atoms with van der Waals surface area (Å²) in [4.78, 5) is 42.7. The molecule has 0 saturated heterocycles. The molecule has 0 bridgehead atoms. The Hall–Kier alpha value is -3.95. The first kappa shape index (κ1) is 30.0. The van der Waals surface area contributed by atoms with Gasteiger partial charge in [-0.2, -0.15) is 0 Å². The first-order valence-corrected chi connectivity index (χ1v) is 14.0. The number of aliphatic hydroxyl groups is 1. The Kier molecular flexibility index (Phi) is 8.99. The van der Waals surface area contributed by atoms with Crippen molar-refractivity contribution in [3.8, 4) is 11.1 Å². The lowest BCUT2D eigenvalue weighted by Crippen LogP contribution is -2.38. The third-order valence-corrected chi connectivity index (χ3v) is 7.46. The molecule has 0 radical (unpaired) electrons. The molecule has 0 saturated carbocycles. The van der Waals surface area contributed by atoms with Crippen LogP contribution in [0.4, 0.5) is 16.2 Å². The van der Waals surface area contributed by atoms with Gasteiger partial charge in [-0.3, -0.25) is 9.59 Å². The molecular formula is C32H41N5O4. The van der Waals surface area contributed by atoms with Crippen LogP contribution in [-0.4, -0.2) is 60.2 Å². The second-order valence-corrected chi connectivity index (χ2v) is 11.9.